The van der Waals surface area contributed by atoms with Gasteiger partial charge in [0.25, 0.3) is 0 Å². The van der Waals surface area contributed by atoms with Crippen molar-refractivity contribution in [3.05, 3.63) is 48.3 Å². The minimum absolute atomic E-state index is 0.0755. The number of benzene rings is 1. The number of anilines is 1. The fourth-order valence-electron chi connectivity index (χ4n) is 3.67. The van der Waals surface area contributed by atoms with Crippen LogP contribution in [0.2, 0.25) is 0 Å². The van der Waals surface area contributed by atoms with E-state index in [9.17, 15) is 9.18 Å². The van der Waals surface area contributed by atoms with Crippen LogP contribution in [0.3, 0.4) is 0 Å². The van der Waals surface area contributed by atoms with Crippen LogP contribution in [0.5, 0.6) is 0 Å². The first kappa shape index (κ1) is 15.2. The number of fused-ring (bicyclic) bond motifs is 1. The van der Waals surface area contributed by atoms with Gasteiger partial charge in [-0.25, -0.2) is 9.37 Å². The van der Waals surface area contributed by atoms with Crippen LogP contribution in [0, 0.1) is 11.7 Å². The predicted octanol–water partition coefficient (Wildman–Crippen LogP) is 1.93. The average Bonchev–Trinajstić information content (AvgIpc) is 3.09. The highest BCUT2D eigenvalue weighted by Gasteiger charge is 2.30. The van der Waals surface area contributed by atoms with Gasteiger partial charge in [-0.05, 0) is 30.7 Å². The summed E-state index contributed by atoms with van der Waals surface area (Å²) in [5, 5.41) is 0. The first-order chi connectivity index (χ1) is 11.7. The van der Waals surface area contributed by atoms with E-state index in [1.807, 2.05) is 17.4 Å². The molecule has 0 saturated carbocycles. The molecule has 2 aliphatic heterocycles. The van der Waals surface area contributed by atoms with Crippen LogP contribution in [0.1, 0.15) is 12.1 Å². The predicted molar refractivity (Wildman–Crippen MR) is 89.2 cm³/mol. The van der Waals surface area contributed by atoms with Gasteiger partial charge in [0.2, 0.25) is 5.91 Å². The molecule has 0 N–H and O–H groups in total. The van der Waals surface area contributed by atoms with Crippen molar-refractivity contribution in [3.8, 4) is 0 Å². The number of imidazole rings is 1. The third-order valence-corrected chi connectivity index (χ3v) is 5.10. The van der Waals surface area contributed by atoms with Gasteiger partial charge in [-0.2, -0.15) is 0 Å². The zero-order chi connectivity index (χ0) is 16.5. The van der Waals surface area contributed by atoms with Crippen molar-refractivity contribution in [1.29, 1.82) is 0 Å². The fourth-order valence-corrected chi connectivity index (χ4v) is 3.67. The van der Waals surface area contributed by atoms with Crippen LogP contribution >= 0.6 is 0 Å². The Labute approximate surface area is 140 Å². The Balaban J connectivity index is 1.36. The second-order valence-electron chi connectivity index (χ2n) is 6.56. The zero-order valence-corrected chi connectivity index (χ0v) is 13.6. The molecule has 6 heteroatoms. The van der Waals surface area contributed by atoms with Gasteiger partial charge in [0.05, 0.1) is 6.33 Å². The summed E-state index contributed by atoms with van der Waals surface area (Å²) in [7, 11) is 0. The van der Waals surface area contributed by atoms with E-state index in [1.165, 1.54) is 12.1 Å². The number of carbonyl (C=O) groups excluding carboxylic acids is 1. The molecule has 0 bridgehead atoms. The van der Waals surface area contributed by atoms with Crippen LogP contribution < -0.4 is 4.90 Å². The smallest absolute Gasteiger partial charge is 0.226 e. The number of amides is 1. The fraction of sp³-hybridized carbons (Fsp3) is 0.444. The number of hydrogen-bond donors (Lipinski definition) is 0. The Hall–Kier alpha value is -2.37. The highest BCUT2D eigenvalue weighted by molar-refractivity contribution is 5.79. The highest BCUT2D eigenvalue weighted by Crippen LogP contribution is 2.23. The Morgan fingerprint density at radius 3 is 2.58 bits per heavy atom. The van der Waals surface area contributed by atoms with Gasteiger partial charge in [-0.15, -0.1) is 0 Å². The van der Waals surface area contributed by atoms with Crippen molar-refractivity contribution in [2.75, 3.05) is 31.1 Å². The first-order valence-corrected chi connectivity index (χ1v) is 8.49. The number of hydrogen-bond acceptors (Lipinski definition) is 3. The summed E-state index contributed by atoms with van der Waals surface area (Å²) in [6.45, 7) is 3.92. The number of carbonyl (C=O) groups is 1. The lowest BCUT2D eigenvalue weighted by Gasteiger charge is -2.38. The molecule has 1 fully saturated rings. The number of halogens is 1. The maximum Gasteiger partial charge on any atom is 0.226 e. The molecule has 1 amide bonds. The largest absolute Gasteiger partial charge is 0.368 e. The van der Waals surface area contributed by atoms with E-state index in [1.54, 1.807) is 12.1 Å². The van der Waals surface area contributed by atoms with Gasteiger partial charge in [-0.1, -0.05) is 0 Å². The van der Waals surface area contributed by atoms with Gasteiger partial charge in [0.15, 0.2) is 0 Å². The molecule has 1 aromatic carbocycles. The maximum atomic E-state index is 13.0. The van der Waals surface area contributed by atoms with Crippen LogP contribution in [-0.4, -0.2) is 46.5 Å². The van der Waals surface area contributed by atoms with Crippen LogP contribution in [0.4, 0.5) is 10.1 Å². The third kappa shape index (κ3) is 2.88. The average molecular weight is 328 g/mol. The Bertz CT molecular complexity index is 719. The molecular weight excluding hydrogens is 307 g/mol. The lowest BCUT2D eigenvalue weighted by molar-refractivity contribution is -0.136. The van der Waals surface area contributed by atoms with Crippen molar-refractivity contribution in [3.63, 3.8) is 0 Å². The van der Waals surface area contributed by atoms with Gasteiger partial charge in [0, 0.05) is 62.6 Å². The van der Waals surface area contributed by atoms with Gasteiger partial charge < -0.3 is 14.4 Å². The van der Waals surface area contributed by atoms with Crippen LogP contribution in [-0.2, 0) is 17.8 Å². The standard InChI is InChI=1S/C18H21FN4O/c19-15-1-3-16(4-2-15)21-7-9-22(10-8-21)18(24)14-5-6-23-13-20-12-17(23)11-14/h1-4,12-14H,5-11H2. The quantitative estimate of drug-likeness (QED) is 0.846. The maximum absolute atomic E-state index is 13.0. The minimum atomic E-state index is -0.218. The first-order valence-electron chi connectivity index (χ1n) is 8.49. The highest BCUT2D eigenvalue weighted by atomic mass is 19.1. The number of piperazine rings is 1. The summed E-state index contributed by atoms with van der Waals surface area (Å²) in [5.41, 5.74) is 2.18. The molecular formula is C18H21FN4O. The molecule has 0 radical (unpaired) electrons. The number of aryl methyl sites for hydroxylation is 1. The second-order valence-corrected chi connectivity index (χ2v) is 6.56. The molecule has 2 aromatic rings. The monoisotopic (exact) mass is 328 g/mol. The Kier molecular flexibility index (Phi) is 3.96. The lowest BCUT2D eigenvalue weighted by Crippen LogP contribution is -2.51. The van der Waals surface area contributed by atoms with Crippen LogP contribution in [0.25, 0.3) is 0 Å². The molecule has 24 heavy (non-hydrogen) atoms. The lowest BCUT2D eigenvalue weighted by atomic mass is 9.94. The summed E-state index contributed by atoms with van der Waals surface area (Å²) in [6.07, 6.45) is 5.39. The number of nitrogens with zero attached hydrogens (tertiary/aromatic N) is 4. The third-order valence-electron chi connectivity index (χ3n) is 5.10. The van der Waals surface area contributed by atoms with Crippen LogP contribution in [0.15, 0.2) is 36.8 Å². The summed E-state index contributed by atoms with van der Waals surface area (Å²) in [6, 6.07) is 6.57. The molecule has 4 rings (SSSR count). The van der Waals surface area contributed by atoms with Gasteiger partial charge in [-0.3, -0.25) is 4.79 Å². The summed E-state index contributed by atoms with van der Waals surface area (Å²) in [5.74, 6) is 0.122. The molecule has 3 heterocycles. The topological polar surface area (TPSA) is 41.4 Å². The number of aromatic nitrogens is 2. The normalized spacial score (nSPS) is 20.8. The van der Waals surface area contributed by atoms with E-state index in [-0.39, 0.29) is 17.6 Å². The molecule has 1 unspecified atom stereocenters. The van der Waals surface area contributed by atoms with E-state index in [4.69, 9.17) is 0 Å². The molecule has 2 aliphatic rings. The minimum Gasteiger partial charge on any atom is -0.368 e. The van der Waals surface area contributed by atoms with E-state index in [2.05, 4.69) is 14.5 Å². The molecule has 1 saturated heterocycles. The zero-order valence-electron chi connectivity index (χ0n) is 13.6. The van der Waals surface area contributed by atoms with Crippen molar-refractivity contribution in [2.45, 2.75) is 19.4 Å². The number of rotatable bonds is 2. The van der Waals surface area contributed by atoms with E-state index >= 15 is 0 Å². The van der Waals surface area contributed by atoms with Gasteiger partial charge in [0.1, 0.15) is 5.82 Å². The Morgan fingerprint density at radius 2 is 1.83 bits per heavy atom. The molecule has 0 aliphatic carbocycles. The van der Waals surface area contributed by atoms with E-state index < -0.39 is 0 Å². The summed E-state index contributed by atoms with van der Waals surface area (Å²) < 4.78 is 15.2. The van der Waals surface area contributed by atoms with E-state index in [0.29, 0.717) is 0 Å². The SMILES string of the molecule is O=C(C1CCn2cncc2C1)N1CCN(c2ccc(F)cc2)CC1. The van der Waals surface area contributed by atoms with Crippen molar-refractivity contribution in [1.82, 2.24) is 14.5 Å². The molecule has 1 atom stereocenters. The van der Waals surface area contributed by atoms with Gasteiger partial charge >= 0.3 is 0 Å². The molecule has 0 spiro atoms. The van der Waals surface area contributed by atoms with Crippen molar-refractivity contribution in [2.24, 2.45) is 5.92 Å². The van der Waals surface area contributed by atoms with Crippen molar-refractivity contribution < 1.29 is 9.18 Å². The summed E-state index contributed by atoms with van der Waals surface area (Å²) in [4.78, 5) is 21.2. The molecule has 5 nitrogen and oxygen atoms in total. The molecule has 1 aromatic heterocycles. The Morgan fingerprint density at radius 1 is 1.08 bits per heavy atom. The molecule has 126 valence electrons. The van der Waals surface area contributed by atoms with Crippen molar-refractivity contribution >= 4 is 11.6 Å². The van der Waals surface area contributed by atoms with E-state index in [0.717, 1.165) is 56.9 Å². The second kappa shape index (κ2) is 6.26. The summed E-state index contributed by atoms with van der Waals surface area (Å²) >= 11 is 0.